The summed E-state index contributed by atoms with van der Waals surface area (Å²) in [6, 6.07) is 1.79. The van der Waals surface area contributed by atoms with Crippen molar-refractivity contribution in [2.75, 3.05) is 7.11 Å². The number of hydrogen-bond donors (Lipinski definition) is 0. The molecule has 1 aromatic rings. The summed E-state index contributed by atoms with van der Waals surface area (Å²) in [6.07, 6.45) is 3.00. The van der Waals surface area contributed by atoms with E-state index in [0.29, 0.717) is 12.4 Å². The second-order valence-electron chi connectivity index (χ2n) is 2.21. The Balaban J connectivity index is 2.69. The number of aliphatic imine (C=N–C) groups is 1. The minimum Gasteiger partial charge on any atom is -0.467 e. The Morgan fingerprint density at radius 2 is 2.58 bits per heavy atom. The molecule has 0 aliphatic carbocycles. The summed E-state index contributed by atoms with van der Waals surface area (Å²) in [6.45, 7) is 0.704. The van der Waals surface area contributed by atoms with E-state index in [1.165, 1.54) is 6.08 Å². The van der Waals surface area contributed by atoms with E-state index < -0.39 is 0 Å². The molecule has 4 nitrogen and oxygen atoms in total. The van der Waals surface area contributed by atoms with Gasteiger partial charge in [0.1, 0.15) is 12.3 Å². The zero-order chi connectivity index (χ0) is 8.81. The number of carbonyl (C=O) groups excluding carboxylic acids is 1. The Morgan fingerprint density at radius 1 is 1.75 bits per heavy atom. The lowest BCUT2D eigenvalue weighted by Crippen LogP contribution is -1.89. The van der Waals surface area contributed by atoms with Crippen molar-refractivity contribution >= 4 is 6.08 Å². The maximum atomic E-state index is 9.80. The molecule has 64 valence electrons. The van der Waals surface area contributed by atoms with Crippen molar-refractivity contribution < 1.29 is 13.9 Å². The van der Waals surface area contributed by atoms with Crippen LogP contribution in [0.25, 0.3) is 0 Å². The molecule has 12 heavy (non-hydrogen) atoms. The minimum atomic E-state index is 0.231. The summed E-state index contributed by atoms with van der Waals surface area (Å²) in [5, 5.41) is 0. The zero-order valence-corrected chi connectivity index (χ0v) is 6.74. The third-order valence-corrected chi connectivity index (χ3v) is 1.42. The number of ether oxygens (including phenoxy) is 1. The topological polar surface area (TPSA) is 51.8 Å². The summed E-state index contributed by atoms with van der Waals surface area (Å²) in [4.78, 5) is 13.2. The second kappa shape index (κ2) is 4.49. The van der Waals surface area contributed by atoms with Crippen LogP contribution in [0.4, 0.5) is 0 Å². The lowest BCUT2D eigenvalue weighted by atomic mass is 10.2. The molecule has 4 heteroatoms. The van der Waals surface area contributed by atoms with E-state index in [0.717, 1.165) is 5.56 Å². The standard InChI is InChI=1S/C8H9NO3/c1-11-5-7-2-3-12-8(7)4-9-6-10/h2-3H,4-5H2,1H3. The number of hydrogen-bond acceptors (Lipinski definition) is 4. The molecular formula is C8H9NO3. The van der Waals surface area contributed by atoms with Crippen LogP contribution in [0.2, 0.25) is 0 Å². The number of furan rings is 1. The van der Waals surface area contributed by atoms with Crippen LogP contribution < -0.4 is 0 Å². The van der Waals surface area contributed by atoms with Gasteiger partial charge in [0.2, 0.25) is 6.08 Å². The van der Waals surface area contributed by atoms with E-state index in [-0.39, 0.29) is 6.54 Å². The van der Waals surface area contributed by atoms with Crippen molar-refractivity contribution in [3.05, 3.63) is 23.7 Å². The fraction of sp³-hybridized carbons (Fsp3) is 0.375. The van der Waals surface area contributed by atoms with Gasteiger partial charge in [-0.25, -0.2) is 4.79 Å². The molecule has 1 rings (SSSR count). The minimum absolute atomic E-state index is 0.231. The van der Waals surface area contributed by atoms with Gasteiger partial charge in [0.05, 0.1) is 12.9 Å². The molecule has 0 fully saturated rings. The van der Waals surface area contributed by atoms with Gasteiger partial charge in [-0.1, -0.05) is 0 Å². The first-order valence-corrected chi connectivity index (χ1v) is 3.46. The SMILES string of the molecule is COCc1ccoc1CN=C=O. The highest BCUT2D eigenvalue weighted by Crippen LogP contribution is 2.12. The zero-order valence-electron chi connectivity index (χ0n) is 6.74. The molecule has 0 atom stereocenters. The van der Waals surface area contributed by atoms with E-state index in [1.807, 2.05) is 0 Å². The molecule has 1 heterocycles. The van der Waals surface area contributed by atoms with Gasteiger partial charge in [0.15, 0.2) is 0 Å². The second-order valence-corrected chi connectivity index (χ2v) is 2.21. The van der Waals surface area contributed by atoms with Crippen LogP contribution in [0, 0.1) is 0 Å². The molecule has 0 aliphatic rings. The van der Waals surface area contributed by atoms with Gasteiger partial charge >= 0.3 is 0 Å². The van der Waals surface area contributed by atoms with Crippen LogP contribution in [-0.4, -0.2) is 13.2 Å². The molecule has 0 amide bonds. The maximum Gasteiger partial charge on any atom is 0.235 e. The van der Waals surface area contributed by atoms with Crippen LogP contribution in [0.1, 0.15) is 11.3 Å². The Kier molecular flexibility index (Phi) is 3.26. The van der Waals surface area contributed by atoms with E-state index in [1.54, 1.807) is 19.4 Å². The number of methoxy groups -OCH3 is 1. The van der Waals surface area contributed by atoms with Gasteiger partial charge in [-0.15, -0.1) is 0 Å². The first kappa shape index (κ1) is 8.71. The van der Waals surface area contributed by atoms with Crippen LogP contribution in [0.15, 0.2) is 21.7 Å². The maximum absolute atomic E-state index is 9.80. The highest BCUT2D eigenvalue weighted by atomic mass is 16.5. The van der Waals surface area contributed by atoms with E-state index in [4.69, 9.17) is 9.15 Å². The van der Waals surface area contributed by atoms with Crippen molar-refractivity contribution in [1.82, 2.24) is 0 Å². The summed E-state index contributed by atoms with van der Waals surface area (Å²) < 4.78 is 9.97. The van der Waals surface area contributed by atoms with Crippen LogP contribution in [0.5, 0.6) is 0 Å². The Labute approximate surface area is 69.9 Å². The average molecular weight is 167 g/mol. The summed E-state index contributed by atoms with van der Waals surface area (Å²) in [5.41, 5.74) is 0.913. The van der Waals surface area contributed by atoms with Crippen molar-refractivity contribution in [2.45, 2.75) is 13.2 Å². The van der Waals surface area contributed by atoms with Crippen molar-refractivity contribution in [1.29, 1.82) is 0 Å². The molecule has 0 bridgehead atoms. The van der Waals surface area contributed by atoms with Crippen molar-refractivity contribution in [3.63, 3.8) is 0 Å². The molecule has 0 N–H and O–H groups in total. The monoisotopic (exact) mass is 167 g/mol. The van der Waals surface area contributed by atoms with Gasteiger partial charge in [0, 0.05) is 12.7 Å². The summed E-state index contributed by atoms with van der Waals surface area (Å²) in [5.74, 6) is 0.653. The molecule has 0 spiro atoms. The van der Waals surface area contributed by atoms with Crippen LogP contribution in [-0.2, 0) is 22.7 Å². The van der Waals surface area contributed by atoms with Gasteiger partial charge < -0.3 is 9.15 Å². The number of rotatable bonds is 4. The van der Waals surface area contributed by atoms with E-state index >= 15 is 0 Å². The number of nitrogens with zero attached hydrogens (tertiary/aromatic N) is 1. The predicted molar refractivity (Wildman–Crippen MR) is 41.2 cm³/mol. The first-order valence-electron chi connectivity index (χ1n) is 3.46. The Bertz CT molecular complexity index is 286. The first-order chi connectivity index (χ1) is 5.88. The third-order valence-electron chi connectivity index (χ3n) is 1.42. The van der Waals surface area contributed by atoms with Gasteiger partial charge in [-0.2, -0.15) is 4.99 Å². The fourth-order valence-electron chi connectivity index (χ4n) is 0.894. The van der Waals surface area contributed by atoms with E-state index in [9.17, 15) is 4.79 Å². The molecular weight excluding hydrogens is 158 g/mol. The van der Waals surface area contributed by atoms with E-state index in [2.05, 4.69) is 4.99 Å². The summed E-state index contributed by atoms with van der Waals surface area (Å²) in [7, 11) is 1.60. The van der Waals surface area contributed by atoms with Gasteiger partial charge in [-0.3, -0.25) is 0 Å². The van der Waals surface area contributed by atoms with Gasteiger partial charge in [0.25, 0.3) is 0 Å². The largest absolute Gasteiger partial charge is 0.467 e. The molecule has 0 unspecified atom stereocenters. The normalized spacial score (nSPS) is 9.42. The Hall–Kier alpha value is -1.38. The molecule has 0 radical (unpaired) electrons. The van der Waals surface area contributed by atoms with Crippen LogP contribution >= 0.6 is 0 Å². The molecule has 0 saturated carbocycles. The fourth-order valence-corrected chi connectivity index (χ4v) is 0.894. The Morgan fingerprint density at radius 3 is 3.25 bits per heavy atom. The molecule has 1 aromatic heterocycles. The van der Waals surface area contributed by atoms with Gasteiger partial charge in [-0.05, 0) is 6.07 Å². The molecule has 0 saturated heterocycles. The highest BCUT2D eigenvalue weighted by Gasteiger charge is 2.03. The quantitative estimate of drug-likeness (QED) is 0.501. The molecule has 0 aliphatic heterocycles. The lowest BCUT2D eigenvalue weighted by Gasteiger charge is -1.96. The average Bonchev–Trinajstić information content (AvgIpc) is 2.50. The summed E-state index contributed by atoms with van der Waals surface area (Å²) >= 11 is 0. The van der Waals surface area contributed by atoms with Crippen molar-refractivity contribution in [3.8, 4) is 0 Å². The van der Waals surface area contributed by atoms with Crippen molar-refractivity contribution in [2.24, 2.45) is 4.99 Å². The predicted octanol–water partition coefficient (Wildman–Crippen LogP) is 1.26. The smallest absolute Gasteiger partial charge is 0.235 e. The lowest BCUT2D eigenvalue weighted by molar-refractivity contribution is 0.183. The highest BCUT2D eigenvalue weighted by molar-refractivity contribution is 5.33. The molecule has 0 aromatic carbocycles. The van der Waals surface area contributed by atoms with Crippen LogP contribution in [0.3, 0.4) is 0 Å². The third kappa shape index (κ3) is 2.05. The number of isocyanates is 1.